The molecule has 3 heteroatoms. The molecule has 0 aromatic heterocycles. The van der Waals surface area contributed by atoms with Crippen LogP contribution in [0.25, 0.3) is 44.5 Å². The van der Waals surface area contributed by atoms with Crippen molar-refractivity contribution in [1.82, 2.24) is 0 Å². The Morgan fingerprint density at radius 1 is 0.254 bits per heavy atom. The Hall–Kier alpha value is -7.75. The molecule has 3 nitrogen and oxygen atoms in total. The minimum Gasteiger partial charge on any atom is -0.310 e. The Labute approximate surface area is 393 Å². The van der Waals surface area contributed by atoms with E-state index in [-0.39, 0.29) is 22.0 Å². The molecule has 67 heavy (non-hydrogen) atoms. The fraction of sp³-hybridized carbons (Fsp3) is 0.141. The highest BCUT2D eigenvalue weighted by Crippen LogP contribution is 2.55. The minimum atomic E-state index is -0.170. The molecule has 0 saturated heterocycles. The Morgan fingerprint density at radius 2 is 0.537 bits per heavy atom. The molecular weight excluding hydrogens is 813 g/mol. The van der Waals surface area contributed by atoms with Gasteiger partial charge in [0.25, 0.3) is 0 Å². The summed E-state index contributed by atoms with van der Waals surface area (Å²) in [5.41, 5.74) is 24.7. The molecule has 9 aromatic rings. The summed E-state index contributed by atoms with van der Waals surface area (Å²) in [6, 6.07) is 70.6. The summed E-state index contributed by atoms with van der Waals surface area (Å²) in [6.07, 6.45) is 0. The first kappa shape index (κ1) is 39.6. The highest BCUT2D eigenvalue weighted by Gasteiger charge is 2.39. The summed E-state index contributed by atoms with van der Waals surface area (Å²) in [5.74, 6) is 0.0447. The normalized spacial score (nSPS) is 15.4. The van der Waals surface area contributed by atoms with Crippen molar-refractivity contribution in [3.8, 4) is 44.5 Å². The maximum absolute atomic E-state index is 15.0. The first-order valence-corrected chi connectivity index (χ1v) is 23.6. The molecule has 0 unspecified atom stereocenters. The average molecular weight is 863 g/mol. The fourth-order valence-corrected chi connectivity index (χ4v) is 12.3. The van der Waals surface area contributed by atoms with Crippen molar-refractivity contribution in [2.24, 2.45) is 0 Å². The SMILES string of the molecule is CC1(C)c2ccccc2-c2ccc(N(c3ccccc3)c3ccc4c(c3)C(=O)c3cc(N(c5ccc6c(c5)C(C)(C)c5ccccc5-6)c5ccc6c(c5)C(C)(C)c5ccccc5-6)ccc3-4)cc21. The summed E-state index contributed by atoms with van der Waals surface area (Å²) in [6.45, 7) is 14.0. The number of fused-ring (bicyclic) bond motifs is 12. The van der Waals surface area contributed by atoms with Crippen molar-refractivity contribution in [2.45, 2.75) is 57.8 Å². The van der Waals surface area contributed by atoms with Crippen LogP contribution in [-0.4, -0.2) is 5.78 Å². The van der Waals surface area contributed by atoms with Crippen LogP contribution >= 0.6 is 0 Å². The van der Waals surface area contributed by atoms with Gasteiger partial charge in [0.1, 0.15) is 0 Å². The zero-order chi connectivity index (χ0) is 45.6. The van der Waals surface area contributed by atoms with Gasteiger partial charge >= 0.3 is 0 Å². The molecule has 0 fully saturated rings. The van der Waals surface area contributed by atoms with Crippen LogP contribution in [0, 0.1) is 0 Å². The van der Waals surface area contributed by atoms with Crippen molar-refractivity contribution >= 4 is 39.9 Å². The van der Waals surface area contributed by atoms with Crippen molar-refractivity contribution in [2.75, 3.05) is 9.80 Å². The second-order valence-electron chi connectivity index (χ2n) is 20.5. The standard InChI is InChI=1S/C64H50N2O/c1-62(2)55-21-13-10-18-47(55)50-31-26-42(36-58(50)62)65(39-16-8-7-9-17-39)40-24-29-45-46-30-25-41(35-54(46)61(67)53(45)34-40)66(43-27-32-51-48-19-11-14-22-56(48)63(3,4)59(51)37-43)44-28-33-52-49-20-12-15-23-57(49)64(5,6)60(52)38-44/h7-38H,1-6H3. The number of carbonyl (C=O) groups is 1. The van der Waals surface area contributed by atoms with E-state index in [0.29, 0.717) is 0 Å². The van der Waals surface area contributed by atoms with E-state index in [2.05, 4.69) is 245 Å². The molecule has 0 amide bonds. The number of rotatable bonds is 6. The van der Waals surface area contributed by atoms with Crippen LogP contribution in [0.2, 0.25) is 0 Å². The molecule has 322 valence electrons. The smallest absolute Gasteiger partial charge is 0.194 e. The predicted octanol–water partition coefficient (Wildman–Crippen LogP) is 16.8. The number of carbonyl (C=O) groups excluding carboxylic acids is 1. The number of para-hydroxylation sites is 1. The van der Waals surface area contributed by atoms with Gasteiger partial charge in [-0.05, 0) is 151 Å². The van der Waals surface area contributed by atoms with E-state index < -0.39 is 0 Å². The van der Waals surface area contributed by atoms with Crippen molar-refractivity contribution < 1.29 is 4.79 Å². The monoisotopic (exact) mass is 862 g/mol. The van der Waals surface area contributed by atoms with Gasteiger partial charge in [0.05, 0.1) is 0 Å². The fourth-order valence-electron chi connectivity index (χ4n) is 12.3. The topological polar surface area (TPSA) is 23.6 Å². The average Bonchev–Trinajstić information content (AvgIpc) is 3.94. The maximum atomic E-state index is 15.0. The summed E-state index contributed by atoms with van der Waals surface area (Å²) in [5, 5.41) is 0. The van der Waals surface area contributed by atoms with E-state index in [1.54, 1.807) is 0 Å². The molecule has 0 N–H and O–H groups in total. The number of ketones is 1. The number of nitrogens with zero attached hydrogens (tertiary/aromatic N) is 2. The van der Waals surface area contributed by atoms with Gasteiger partial charge in [0, 0.05) is 61.5 Å². The highest BCUT2D eigenvalue weighted by molar-refractivity contribution is 6.22. The van der Waals surface area contributed by atoms with E-state index in [4.69, 9.17) is 0 Å². The van der Waals surface area contributed by atoms with Crippen LogP contribution < -0.4 is 9.80 Å². The highest BCUT2D eigenvalue weighted by atomic mass is 16.1. The number of benzene rings is 9. The van der Waals surface area contributed by atoms with Gasteiger partial charge < -0.3 is 9.80 Å². The summed E-state index contributed by atoms with van der Waals surface area (Å²) in [7, 11) is 0. The molecule has 0 aliphatic heterocycles. The molecule has 0 saturated carbocycles. The van der Waals surface area contributed by atoms with E-state index >= 15 is 4.79 Å². The molecule has 4 aliphatic carbocycles. The lowest BCUT2D eigenvalue weighted by atomic mass is 9.82. The molecule has 4 aliphatic rings. The molecular formula is C64H50N2O. The van der Waals surface area contributed by atoms with Crippen LogP contribution in [0.4, 0.5) is 34.1 Å². The predicted molar refractivity (Wildman–Crippen MR) is 277 cm³/mol. The number of hydrogen-bond acceptors (Lipinski definition) is 3. The van der Waals surface area contributed by atoms with Gasteiger partial charge in [-0.15, -0.1) is 0 Å². The van der Waals surface area contributed by atoms with Crippen LogP contribution in [0.15, 0.2) is 194 Å². The van der Waals surface area contributed by atoms with Crippen molar-refractivity contribution in [3.63, 3.8) is 0 Å². The van der Waals surface area contributed by atoms with E-state index in [0.717, 1.165) is 56.4 Å². The Balaban J connectivity index is 0.925. The molecule has 0 atom stereocenters. The largest absolute Gasteiger partial charge is 0.310 e. The van der Waals surface area contributed by atoms with Gasteiger partial charge in [0.15, 0.2) is 5.78 Å². The molecule has 0 spiro atoms. The van der Waals surface area contributed by atoms with Crippen molar-refractivity contribution in [3.05, 3.63) is 239 Å². The van der Waals surface area contributed by atoms with Crippen LogP contribution in [0.1, 0.15) is 90.8 Å². The van der Waals surface area contributed by atoms with Crippen molar-refractivity contribution in [1.29, 1.82) is 0 Å². The Bertz CT molecular complexity index is 3480. The summed E-state index contributed by atoms with van der Waals surface area (Å²) in [4.78, 5) is 19.7. The zero-order valence-electron chi connectivity index (χ0n) is 38.8. The second kappa shape index (κ2) is 13.9. The van der Waals surface area contributed by atoms with E-state index in [1.807, 2.05) is 0 Å². The third-order valence-electron chi connectivity index (χ3n) is 15.8. The van der Waals surface area contributed by atoms with Gasteiger partial charge in [-0.3, -0.25) is 4.79 Å². The molecule has 0 heterocycles. The lowest BCUT2D eigenvalue weighted by Crippen LogP contribution is -2.18. The maximum Gasteiger partial charge on any atom is 0.194 e. The Morgan fingerprint density at radius 3 is 0.910 bits per heavy atom. The first-order chi connectivity index (χ1) is 32.4. The van der Waals surface area contributed by atoms with Crippen LogP contribution in [0.3, 0.4) is 0 Å². The van der Waals surface area contributed by atoms with E-state index in [1.165, 1.54) is 66.8 Å². The van der Waals surface area contributed by atoms with Crippen LogP contribution in [0.5, 0.6) is 0 Å². The summed E-state index contributed by atoms with van der Waals surface area (Å²) >= 11 is 0. The number of anilines is 6. The van der Waals surface area contributed by atoms with Crippen LogP contribution in [-0.2, 0) is 16.2 Å². The second-order valence-corrected chi connectivity index (χ2v) is 20.5. The molecule has 0 bridgehead atoms. The van der Waals surface area contributed by atoms with Gasteiger partial charge in [-0.25, -0.2) is 0 Å². The zero-order valence-corrected chi connectivity index (χ0v) is 38.8. The van der Waals surface area contributed by atoms with Gasteiger partial charge in [-0.2, -0.15) is 0 Å². The third-order valence-corrected chi connectivity index (χ3v) is 15.8. The molecule has 9 aromatic carbocycles. The number of hydrogen-bond donors (Lipinski definition) is 0. The minimum absolute atomic E-state index is 0.0447. The lowest BCUT2D eigenvalue weighted by molar-refractivity contribution is 0.104. The first-order valence-electron chi connectivity index (χ1n) is 23.6. The molecule has 13 rings (SSSR count). The van der Waals surface area contributed by atoms with Gasteiger partial charge in [-0.1, -0.05) is 163 Å². The van der Waals surface area contributed by atoms with E-state index in [9.17, 15) is 0 Å². The Kier molecular flexibility index (Phi) is 8.21. The third kappa shape index (κ3) is 5.55. The lowest BCUT2D eigenvalue weighted by Gasteiger charge is -2.30. The quantitative estimate of drug-likeness (QED) is 0.166. The molecule has 0 radical (unpaired) electrons. The summed E-state index contributed by atoms with van der Waals surface area (Å²) < 4.78 is 0. The van der Waals surface area contributed by atoms with Gasteiger partial charge in [0.2, 0.25) is 0 Å².